The highest BCUT2D eigenvalue weighted by atomic mass is 35.5. The van der Waals surface area contributed by atoms with E-state index in [1.165, 1.54) is 0 Å². The lowest BCUT2D eigenvalue weighted by atomic mass is 10.3. The fourth-order valence-corrected chi connectivity index (χ4v) is 2.81. The summed E-state index contributed by atoms with van der Waals surface area (Å²) in [5.74, 6) is 0. The van der Waals surface area contributed by atoms with Crippen molar-refractivity contribution in [3.8, 4) is 5.69 Å². The maximum absolute atomic E-state index is 11.9. The zero-order chi connectivity index (χ0) is 16.1. The zero-order valence-electron chi connectivity index (χ0n) is 12.1. The predicted molar refractivity (Wildman–Crippen MR) is 91.4 cm³/mol. The number of amides is 2. The summed E-state index contributed by atoms with van der Waals surface area (Å²) in [6.45, 7) is 0.522. The molecular formula is C15H14ClN5OS. The molecule has 0 bridgehead atoms. The number of hydrogen-bond acceptors (Lipinski definition) is 4. The summed E-state index contributed by atoms with van der Waals surface area (Å²) in [5, 5.41) is 12.3. The third-order valence-electron chi connectivity index (χ3n) is 3.09. The topological polar surface area (TPSA) is 71.8 Å². The van der Waals surface area contributed by atoms with Crippen molar-refractivity contribution >= 4 is 34.7 Å². The molecule has 23 heavy (non-hydrogen) atoms. The standard InChI is InChI=1S/C15H14ClN5OS/c16-13-3-1-2-4-14(13)21-8-12(7-19-21)20-15(22)17-6-5-11-9-23-10-18-11/h1-4,7-10H,5-6H2,(H2,17,20,22). The Labute approximate surface area is 142 Å². The minimum absolute atomic E-state index is 0.279. The van der Waals surface area contributed by atoms with Gasteiger partial charge in [-0.2, -0.15) is 5.10 Å². The average molecular weight is 348 g/mol. The molecule has 0 aliphatic rings. The fourth-order valence-electron chi connectivity index (χ4n) is 2.00. The normalized spacial score (nSPS) is 10.5. The first-order valence-electron chi connectivity index (χ1n) is 6.94. The number of hydrogen-bond donors (Lipinski definition) is 2. The second-order valence-corrected chi connectivity index (χ2v) is 5.86. The number of anilines is 1. The summed E-state index contributed by atoms with van der Waals surface area (Å²) in [7, 11) is 0. The average Bonchev–Trinajstić information content (AvgIpc) is 3.20. The predicted octanol–water partition coefficient (Wildman–Crippen LogP) is 3.35. The van der Waals surface area contributed by atoms with Gasteiger partial charge in [-0.3, -0.25) is 0 Å². The molecule has 2 amide bonds. The molecule has 0 radical (unpaired) electrons. The van der Waals surface area contributed by atoms with Gasteiger partial charge in [0.1, 0.15) is 0 Å². The number of rotatable bonds is 5. The molecule has 2 N–H and O–H groups in total. The van der Waals surface area contributed by atoms with Crippen LogP contribution < -0.4 is 10.6 Å². The molecule has 0 saturated carbocycles. The van der Waals surface area contributed by atoms with E-state index in [0.29, 0.717) is 23.7 Å². The Kier molecular flexibility index (Phi) is 4.89. The van der Waals surface area contributed by atoms with E-state index >= 15 is 0 Å². The number of carbonyl (C=O) groups excluding carboxylic acids is 1. The summed E-state index contributed by atoms with van der Waals surface area (Å²) in [6, 6.07) is 7.09. The van der Waals surface area contributed by atoms with Crippen LogP contribution in [-0.2, 0) is 6.42 Å². The smallest absolute Gasteiger partial charge is 0.319 e. The molecule has 0 atom stereocenters. The third-order valence-corrected chi connectivity index (χ3v) is 4.04. The van der Waals surface area contributed by atoms with Crippen molar-refractivity contribution in [2.45, 2.75) is 6.42 Å². The molecular weight excluding hydrogens is 334 g/mol. The lowest BCUT2D eigenvalue weighted by Gasteiger charge is -2.05. The van der Waals surface area contributed by atoms with E-state index in [4.69, 9.17) is 11.6 Å². The SMILES string of the molecule is O=C(NCCc1cscn1)Nc1cnn(-c2ccccc2Cl)c1. The summed E-state index contributed by atoms with van der Waals surface area (Å²) in [5.41, 5.74) is 4.10. The van der Waals surface area contributed by atoms with Gasteiger partial charge in [0.2, 0.25) is 0 Å². The van der Waals surface area contributed by atoms with Crippen molar-refractivity contribution in [2.24, 2.45) is 0 Å². The Morgan fingerprint density at radius 3 is 3.00 bits per heavy atom. The maximum atomic E-state index is 11.9. The molecule has 0 aliphatic heterocycles. The van der Waals surface area contributed by atoms with Gasteiger partial charge in [0.05, 0.1) is 40.0 Å². The van der Waals surface area contributed by atoms with Gasteiger partial charge in [-0.25, -0.2) is 14.5 Å². The number of benzene rings is 1. The number of urea groups is 1. The van der Waals surface area contributed by atoms with Crippen molar-refractivity contribution < 1.29 is 4.79 Å². The first-order chi connectivity index (χ1) is 11.2. The number of nitrogens with zero attached hydrogens (tertiary/aromatic N) is 3. The molecule has 0 saturated heterocycles. The molecule has 0 spiro atoms. The van der Waals surface area contributed by atoms with Gasteiger partial charge in [0, 0.05) is 18.3 Å². The lowest BCUT2D eigenvalue weighted by Crippen LogP contribution is -2.30. The quantitative estimate of drug-likeness (QED) is 0.743. The van der Waals surface area contributed by atoms with Crippen LogP contribution in [-0.4, -0.2) is 27.3 Å². The van der Waals surface area contributed by atoms with E-state index in [1.54, 1.807) is 40.0 Å². The second-order valence-electron chi connectivity index (χ2n) is 4.74. The summed E-state index contributed by atoms with van der Waals surface area (Å²) in [4.78, 5) is 16.0. The zero-order valence-corrected chi connectivity index (χ0v) is 13.6. The molecule has 3 aromatic rings. The Morgan fingerprint density at radius 2 is 2.22 bits per heavy atom. The van der Waals surface area contributed by atoms with Crippen molar-refractivity contribution in [3.63, 3.8) is 0 Å². The van der Waals surface area contributed by atoms with Crippen molar-refractivity contribution in [1.29, 1.82) is 0 Å². The van der Waals surface area contributed by atoms with Gasteiger partial charge in [-0.15, -0.1) is 11.3 Å². The number of aromatic nitrogens is 3. The minimum atomic E-state index is -0.279. The first kappa shape index (κ1) is 15.5. The Bertz CT molecular complexity index is 787. The van der Waals surface area contributed by atoms with Crippen molar-refractivity contribution in [2.75, 3.05) is 11.9 Å². The maximum Gasteiger partial charge on any atom is 0.319 e. The first-order valence-corrected chi connectivity index (χ1v) is 8.26. The number of nitrogens with one attached hydrogen (secondary N) is 2. The van der Waals surface area contributed by atoms with Crippen LogP contribution in [0.15, 0.2) is 47.5 Å². The molecule has 2 aromatic heterocycles. The Balaban J connectivity index is 1.54. The molecule has 118 valence electrons. The number of thiazole rings is 1. The number of carbonyl (C=O) groups is 1. The molecule has 2 heterocycles. The van der Waals surface area contributed by atoms with Gasteiger partial charge in [-0.1, -0.05) is 23.7 Å². The number of para-hydroxylation sites is 1. The van der Waals surface area contributed by atoms with Crippen LogP contribution in [0.3, 0.4) is 0 Å². The molecule has 0 unspecified atom stereocenters. The molecule has 8 heteroatoms. The highest BCUT2D eigenvalue weighted by Crippen LogP contribution is 2.20. The van der Waals surface area contributed by atoms with Gasteiger partial charge in [0.15, 0.2) is 0 Å². The molecule has 6 nitrogen and oxygen atoms in total. The fraction of sp³-hybridized carbons (Fsp3) is 0.133. The minimum Gasteiger partial charge on any atom is -0.337 e. The van der Waals surface area contributed by atoms with Crippen LogP contribution in [0.2, 0.25) is 5.02 Å². The Morgan fingerprint density at radius 1 is 1.35 bits per heavy atom. The lowest BCUT2D eigenvalue weighted by molar-refractivity contribution is 0.252. The largest absolute Gasteiger partial charge is 0.337 e. The number of halogens is 1. The summed E-state index contributed by atoms with van der Waals surface area (Å²) < 4.78 is 1.62. The van der Waals surface area contributed by atoms with Crippen LogP contribution in [0.1, 0.15) is 5.69 Å². The third kappa shape index (κ3) is 4.08. The molecule has 1 aromatic carbocycles. The van der Waals surface area contributed by atoms with E-state index in [2.05, 4.69) is 20.7 Å². The van der Waals surface area contributed by atoms with E-state index in [9.17, 15) is 4.79 Å². The highest BCUT2D eigenvalue weighted by Gasteiger charge is 2.07. The molecule has 0 aliphatic carbocycles. The summed E-state index contributed by atoms with van der Waals surface area (Å²) in [6.07, 6.45) is 3.99. The highest BCUT2D eigenvalue weighted by molar-refractivity contribution is 7.07. The Hall–Kier alpha value is -2.38. The van der Waals surface area contributed by atoms with Crippen molar-refractivity contribution in [3.05, 3.63) is 58.3 Å². The van der Waals surface area contributed by atoms with Crippen molar-refractivity contribution in [1.82, 2.24) is 20.1 Å². The van der Waals surface area contributed by atoms with Gasteiger partial charge in [0.25, 0.3) is 0 Å². The van der Waals surface area contributed by atoms with Crippen LogP contribution in [0.4, 0.5) is 10.5 Å². The van der Waals surface area contributed by atoms with E-state index < -0.39 is 0 Å². The van der Waals surface area contributed by atoms with Crippen LogP contribution in [0.5, 0.6) is 0 Å². The summed E-state index contributed by atoms with van der Waals surface area (Å²) >= 11 is 7.67. The van der Waals surface area contributed by atoms with E-state index in [0.717, 1.165) is 11.4 Å². The van der Waals surface area contributed by atoms with Crippen LogP contribution in [0, 0.1) is 0 Å². The van der Waals surface area contributed by atoms with Gasteiger partial charge in [-0.05, 0) is 12.1 Å². The molecule has 3 rings (SSSR count). The monoisotopic (exact) mass is 347 g/mol. The van der Waals surface area contributed by atoms with E-state index in [-0.39, 0.29) is 6.03 Å². The molecule has 0 fully saturated rings. The van der Waals surface area contributed by atoms with Gasteiger partial charge >= 0.3 is 6.03 Å². The van der Waals surface area contributed by atoms with E-state index in [1.807, 2.05) is 23.6 Å². The second kappa shape index (κ2) is 7.26. The van der Waals surface area contributed by atoms with Crippen LogP contribution in [0.25, 0.3) is 5.69 Å². The van der Waals surface area contributed by atoms with Gasteiger partial charge < -0.3 is 10.6 Å². The van der Waals surface area contributed by atoms with Crippen LogP contribution >= 0.6 is 22.9 Å².